The number of hydrogen-bond donors (Lipinski definition) is 1. The van der Waals surface area contributed by atoms with Crippen LogP contribution in [0.5, 0.6) is 0 Å². The van der Waals surface area contributed by atoms with E-state index in [4.69, 9.17) is 0 Å². The maximum absolute atomic E-state index is 11.2. The van der Waals surface area contributed by atoms with Gasteiger partial charge >= 0.3 is 0 Å². The van der Waals surface area contributed by atoms with Crippen LogP contribution in [0.1, 0.15) is 0 Å². The van der Waals surface area contributed by atoms with Crippen LogP contribution >= 0.6 is 70.4 Å². The molecule has 2 nitrogen and oxygen atoms in total. The van der Waals surface area contributed by atoms with Crippen LogP contribution < -0.4 is 5.32 Å². The second kappa shape index (κ2) is 5.81. The second-order valence-corrected chi connectivity index (χ2v) is 5.81. The highest BCUT2D eigenvalue weighted by Gasteiger charge is 2.09. The van der Waals surface area contributed by atoms with Crippen LogP contribution in [0.2, 0.25) is 0 Å². The average Bonchev–Trinajstić information content (AvgIpc) is 2.10. The summed E-state index contributed by atoms with van der Waals surface area (Å²) in [5.74, 6) is -0.0191. The average molecular weight is 498 g/mol. The van der Waals surface area contributed by atoms with E-state index in [-0.39, 0.29) is 5.91 Å². The van der Waals surface area contributed by atoms with Crippen LogP contribution in [0.25, 0.3) is 0 Å². The van der Waals surface area contributed by atoms with E-state index in [1.165, 1.54) is 0 Å². The minimum absolute atomic E-state index is 0.0191. The Bertz CT molecular complexity index is 347. The molecule has 0 heterocycles. The molecule has 0 unspecified atom stereocenters. The lowest BCUT2D eigenvalue weighted by atomic mass is 10.3. The summed E-state index contributed by atoms with van der Waals surface area (Å²) in [5, 5.41) is 2.79. The van der Waals surface area contributed by atoms with E-state index in [1.54, 1.807) is 0 Å². The van der Waals surface area contributed by atoms with Crippen molar-refractivity contribution in [1.29, 1.82) is 0 Å². The highest BCUT2D eigenvalue weighted by molar-refractivity contribution is 14.1. The number of alkyl halides is 1. The van der Waals surface area contributed by atoms with Crippen LogP contribution in [-0.2, 0) is 4.79 Å². The lowest BCUT2D eigenvalue weighted by Crippen LogP contribution is -2.13. The van der Waals surface area contributed by atoms with Gasteiger partial charge in [-0.3, -0.25) is 4.79 Å². The van der Waals surface area contributed by atoms with E-state index in [1.807, 2.05) is 34.7 Å². The molecule has 0 aliphatic carbocycles. The van der Waals surface area contributed by atoms with E-state index >= 15 is 0 Å². The predicted octanol–water partition coefficient (Wildman–Crippen LogP) is 4.35. The first-order valence-corrected chi connectivity index (χ1v) is 7.45. The molecule has 1 rings (SSSR count). The molecule has 0 bridgehead atoms. The summed E-state index contributed by atoms with van der Waals surface area (Å²) in [7, 11) is 0. The van der Waals surface area contributed by atoms with Crippen molar-refractivity contribution in [2.75, 3.05) is 9.74 Å². The number of rotatable bonds is 2. The minimum atomic E-state index is -0.0191. The number of anilines is 1. The molecule has 0 atom stereocenters. The third-order valence-corrected chi connectivity index (χ3v) is 3.79. The summed E-state index contributed by atoms with van der Waals surface area (Å²) >= 11 is 12.1. The van der Waals surface area contributed by atoms with Crippen molar-refractivity contribution >= 4 is 82.0 Å². The van der Waals surface area contributed by atoms with Crippen molar-refractivity contribution in [1.82, 2.24) is 0 Å². The molecule has 14 heavy (non-hydrogen) atoms. The van der Waals surface area contributed by atoms with Gasteiger partial charge in [-0.25, -0.2) is 0 Å². The fourth-order valence-electron chi connectivity index (χ4n) is 0.834. The van der Waals surface area contributed by atoms with Gasteiger partial charge < -0.3 is 5.32 Å². The standard InChI is InChI=1S/C8H5Br3INO/c9-4-1-5(10)8(6(11)2-4)13-7(14)3-12/h1-2H,3H2,(H,13,14). The molecular weight excluding hydrogens is 493 g/mol. The van der Waals surface area contributed by atoms with Crippen molar-refractivity contribution in [2.24, 2.45) is 0 Å². The number of carbonyl (C=O) groups excluding carboxylic acids is 1. The molecule has 0 fully saturated rings. The van der Waals surface area contributed by atoms with Gasteiger partial charge in [-0.15, -0.1) is 0 Å². The Hall–Kier alpha value is 0.860. The Morgan fingerprint density at radius 2 is 1.79 bits per heavy atom. The Morgan fingerprint density at radius 3 is 2.21 bits per heavy atom. The van der Waals surface area contributed by atoms with Crippen molar-refractivity contribution < 1.29 is 4.79 Å². The van der Waals surface area contributed by atoms with Crippen LogP contribution in [0.3, 0.4) is 0 Å². The van der Waals surface area contributed by atoms with E-state index in [0.29, 0.717) is 4.43 Å². The lowest BCUT2D eigenvalue weighted by molar-refractivity contribution is -0.113. The molecule has 0 radical (unpaired) electrons. The van der Waals surface area contributed by atoms with Crippen molar-refractivity contribution in [3.63, 3.8) is 0 Å². The largest absolute Gasteiger partial charge is 0.323 e. The summed E-state index contributed by atoms with van der Waals surface area (Å²) in [5.41, 5.74) is 0.759. The number of carbonyl (C=O) groups is 1. The van der Waals surface area contributed by atoms with Crippen molar-refractivity contribution in [2.45, 2.75) is 0 Å². The molecule has 1 amide bonds. The van der Waals surface area contributed by atoms with Crippen LogP contribution in [0.4, 0.5) is 5.69 Å². The van der Waals surface area contributed by atoms with Crippen LogP contribution in [0.15, 0.2) is 25.6 Å². The molecule has 0 aliphatic rings. The molecule has 0 saturated carbocycles. The van der Waals surface area contributed by atoms with Crippen LogP contribution in [0, 0.1) is 0 Å². The van der Waals surface area contributed by atoms with E-state index in [2.05, 4.69) is 53.1 Å². The van der Waals surface area contributed by atoms with Crippen molar-refractivity contribution in [3.8, 4) is 0 Å². The molecule has 0 saturated heterocycles. The van der Waals surface area contributed by atoms with Gasteiger partial charge in [-0.1, -0.05) is 38.5 Å². The summed E-state index contributed by atoms with van der Waals surface area (Å²) < 4.78 is 3.07. The first-order chi connectivity index (χ1) is 6.54. The first-order valence-electron chi connectivity index (χ1n) is 3.55. The topological polar surface area (TPSA) is 29.1 Å². The highest BCUT2D eigenvalue weighted by Crippen LogP contribution is 2.34. The first kappa shape index (κ1) is 12.9. The zero-order chi connectivity index (χ0) is 10.7. The van der Waals surface area contributed by atoms with Gasteiger partial charge in [0.15, 0.2) is 0 Å². The summed E-state index contributed by atoms with van der Waals surface area (Å²) in [6.45, 7) is 0. The Kier molecular flexibility index (Phi) is 5.37. The molecule has 0 aliphatic heterocycles. The Morgan fingerprint density at radius 1 is 1.29 bits per heavy atom. The van der Waals surface area contributed by atoms with Gasteiger partial charge in [0, 0.05) is 13.4 Å². The molecule has 0 spiro atoms. The van der Waals surface area contributed by atoms with Gasteiger partial charge in [0.2, 0.25) is 5.91 Å². The van der Waals surface area contributed by atoms with E-state index < -0.39 is 0 Å². The fourth-order valence-corrected chi connectivity index (χ4v) is 3.48. The van der Waals surface area contributed by atoms with Gasteiger partial charge in [-0.2, -0.15) is 0 Å². The smallest absolute Gasteiger partial charge is 0.234 e. The molecular formula is C8H5Br3INO. The summed E-state index contributed by atoms with van der Waals surface area (Å²) in [6.07, 6.45) is 0. The Labute approximate surface area is 121 Å². The monoisotopic (exact) mass is 495 g/mol. The summed E-state index contributed by atoms with van der Waals surface area (Å²) in [4.78, 5) is 11.2. The predicted molar refractivity (Wildman–Crippen MR) is 77.1 cm³/mol. The zero-order valence-electron chi connectivity index (χ0n) is 6.78. The molecule has 6 heteroatoms. The highest BCUT2D eigenvalue weighted by atomic mass is 127. The van der Waals surface area contributed by atoms with Gasteiger partial charge in [0.1, 0.15) is 0 Å². The van der Waals surface area contributed by atoms with Gasteiger partial charge in [0.05, 0.1) is 10.1 Å². The molecule has 76 valence electrons. The number of hydrogen-bond acceptors (Lipinski definition) is 1. The molecule has 1 N–H and O–H groups in total. The second-order valence-electron chi connectivity index (χ2n) is 2.43. The quantitative estimate of drug-likeness (QED) is 0.478. The summed E-state index contributed by atoms with van der Waals surface area (Å²) in [6, 6.07) is 3.77. The fraction of sp³-hybridized carbons (Fsp3) is 0.125. The third kappa shape index (κ3) is 3.46. The van der Waals surface area contributed by atoms with Gasteiger partial charge in [0.25, 0.3) is 0 Å². The maximum Gasteiger partial charge on any atom is 0.234 e. The number of benzene rings is 1. The minimum Gasteiger partial charge on any atom is -0.323 e. The number of nitrogens with one attached hydrogen (secondary N) is 1. The van der Waals surface area contributed by atoms with Crippen molar-refractivity contribution in [3.05, 3.63) is 25.6 Å². The van der Waals surface area contributed by atoms with E-state index in [0.717, 1.165) is 19.1 Å². The third-order valence-electron chi connectivity index (χ3n) is 1.39. The molecule has 1 aromatic rings. The molecule has 1 aromatic carbocycles. The maximum atomic E-state index is 11.2. The number of amides is 1. The van der Waals surface area contributed by atoms with E-state index in [9.17, 15) is 4.79 Å². The number of halogens is 4. The normalized spacial score (nSPS) is 10.0. The van der Waals surface area contributed by atoms with Crippen LogP contribution in [-0.4, -0.2) is 10.3 Å². The SMILES string of the molecule is O=C(CI)Nc1c(Br)cc(Br)cc1Br. The zero-order valence-corrected chi connectivity index (χ0v) is 13.7. The molecule has 0 aromatic heterocycles. The Balaban J connectivity index is 3.02. The van der Waals surface area contributed by atoms with Gasteiger partial charge in [-0.05, 0) is 44.0 Å². The lowest BCUT2D eigenvalue weighted by Gasteiger charge is -2.08.